The second-order valence-corrected chi connectivity index (χ2v) is 19.1. The third kappa shape index (κ3) is 14.0. The minimum atomic E-state index is -1.96. The third-order valence-electron chi connectivity index (χ3n) is 13.2. The van der Waals surface area contributed by atoms with Crippen molar-refractivity contribution in [2.24, 2.45) is 11.7 Å². The number of nitrogens with zero attached hydrogens (tertiary/aromatic N) is 7. The van der Waals surface area contributed by atoms with Gasteiger partial charge >= 0.3 is 5.97 Å². The molecule has 3 atom stereocenters. The van der Waals surface area contributed by atoms with E-state index >= 15 is 0 Å². The quantitative estimate of drug-likeness (QED) is 0.0135. The monoisotopic (exact) mass is 1230 g/mol. The molecule has 0 saturated carbocycles. The first kappa shape index (κ1) is 58.7. The van der Waals surface area contributed by atoms with Crippen LogP contribution in [0, 0.1) is 44.5 Å². The molecule has 0 saturated heterocycles. The smallest absolute Gasteiger partial charge is 0.343 e. The number of aryl methyl sites for hydroxylation is 1. The summed E-state index contributed by atoms with van der Waals surface area (Å²) in [4.78, 5) is 92.1. The van der Waals surface area contributed by atoms with E-state index < -0.39 is 47.3 Å². The van der Waals surface area contributed by atoms with Crippen molar-refractivity contribution in [3.63, 3.8) is 0 Å². The molecule has 0 aliphatic carbocycles. The molecule has 4 amide bonds. The number of carbonyl (C=O) groups is 5. The topological polar surface area (TPSA) is 326 Å². The normalized spacial score (nSPS) is 15.7. The fourth-order valence-corrected chi connectivity index (χ4v) is 9.16. The van der Waals surface area contributed by atoms with Crippen LogP contribution in [-0.4, -0.2) is 134 Å². The van der Waals surface area contributed by atoms with E-state index in [-0.39, 0.29) is 139 Å². The Bertz CT molecular complexity index is 3010. The number of hydrogen-bond acceptors (Lipinski definition) is 20. The molecule has 0 bridgehead atoms. The number of unbranched alkanes of at least 4 members (excludes halogenated alkanes) is 2. The first-order valence-electron chi connectivity index (χ1n) is 25.1. The van der Waals surface area contributed by atoms with Gasteiger partial charge in [0.2, 0.25) is 30.4 Å². The molecule has 3 aliphatic rings. The molecule has 77 heavy (non-hydrogen) atoms. The Labute approximate surface area is 478 Å². The molecule has 415 valence electrons. The van der Waals surface area contributed by atoms with Gasteiger partial charge in [-0.25, -0.2) is 14.5 Å². The second kappa shape index (κ2) is 27.1. The predicted molar refractivity (Wildman–Crippen MR) is 270 cm³/mol. The van der Waals surface area contributed by atoms with Crippen molar-refractivity contribution in [3.8, 4) is 28.6 Å². The number of hydrogen-bond donors (Lipinski definition) is 6. The maximum absolute atomic E-state index is 13.9. The number of nitrogens with one attached hydrogen (secondary N) is 4. The molecule has 1 radical (unpaired) electrons. The Morgan fingerprint density at radius 3 is 2.43 bits per heavy atom. The standard InChI is InChI=1S/C50H62N12O13S.Tb/c1-4-50(69)35-16-38-44-33(22-61(38)47(67)34(35)24-73-48(50)68)31(32-15-39-40(75-27-74-39)17-37(32)56-44)9-6-8-12-72-26-55-41(63)20-52-45(65)36(10-5-7-11-51)57-46(66)43(28(2)3)58-42(64)25-71-14-13-70-23-29-21-62(60-59-29)30-18-53-49(76)54-19-30;/h15-19,21,28,36,43,69H,4-14,20,22-27,51H2,1-3H3,(H,52,65)(H,55,63)(H,57,66)(H,58,64)(H,53,54,76);/p-1/t36-,43-,50+;/m0./s1. The molecule has 0 fully saturated rings. The molecule has 0 spiro atoms. The molecule has 0 unspecified atom stereocenters. The molecule has 7 heterocycles. The fraction of sp³-hybridized carbons (Fsp3) is 0.500. The van der Waals surface area contributed by atoms with Crippen molar-refractivity contribution in [1.82, 2.24) is 55.8 Å². The molecular weight excluding hydrogens is 1170 g/mol. The van der Waals surface area contributed by atoms with Crippen LogP contribution in [0.2, 0.25) is 0 Å². The van der Waals surface area contributed by atoms with E-state index in [0.29, 0.717) is 85.0 Å². The van der Waals surface area contributed by atoms with Crippen LogP contribution in [0.25, 0.3) is 28.0 Å². The molecule has 4 aromatic heterocycles. The molecule has 1 aromatic carbocycles. The second-order valence-electron chi connectivity index (χ2n) is 18.7. The third-order valence-corrected chi connectivity index (χ3v) is 13.4. The summed E-state index contributed by atoms with van der Waals surface area (Å²) in [6, 6.07) is 3.37. The number of ether oxygens (including phenoxy) is 6. The summed E-state index contributed by atoms with van der Waals surface area (Å²) in [6.07, 6.45) is 7.92. The van der Waals surface area contributed by atoms with Crippen molar-refractivity contribution in [2.45, 2.75) is 108 Å². The molecular formula is C50H61N12O13STb-. The van der Waals surface area contributed by atoms with Crippen LogP contribution in [0.1, 0.15) is 87.2 Å². The Kier molecular flexibility index (Phi) is 20.7. The average molecular weight is 1230 g/mol. The van der Waals surface area contributed by atoms with E-state index in [2.05, 4.69) is 41.5 Å². The van der Waals surface area contributed by atoms with E-state index in [1.165, 1.54) is 17.1 Å². The maximum Gasteiger partial charge on any atom is 0.343 e. The molecule has 3 aliphatic heterocycles. The zero-order valence-corrected chi connectivity index (χ0v) is 45.7. The first-order valence-corrected chi connectivity index (χ1v) is 25.5. The summed E-state index contributed by atoms with van der Waals surface area (Å²) < 4.78 is 36.5. The van der Waals surface area contributed by atoms with Crippen molar-refractivity contribution >= 4 is 53.1 Å². The summed E-state index contributed by atoms with van der Waals surface area (Å²) in [6.45, 7) is 5.42. The Morgan fingerprint density at radius 1 is 0.909 bits per heavy atom. The Hall–Kier alpha value is -5.94. The van der Waals surface area contributed by atoms with E-state index in [1.54, 1.807) is 43.7 Å². The Morgan fingerprint density at radius 2 is 1.68 bits per heavy atom. The van der Waals surface area contributed by atoms with Gasteiger partial charge in [0.1, 0.15) is 43.4 Å². The summed E-state index contributed by atoms with van der Waals surface area (Å²) in [5, 5.41) is 31.1. The van der Waals surface area contributed by atoms with Crippen LogP contribution in [0.5, 0.6) is 11.5 Å². The van der Waals surface area contributed by atoms with Gasteiger partial charge < -0.3 is 77.7 Å². The van der Waals surface area contributed by atoms with Gasteiger partial charge in [0, 0.05) is 73.0 Å². The van der Waals surface area contributed by atoms with Crippen LogP contribution in [-0.2, 0) is 87.3 Å². The zero-order chi connectivity index (χ0) is 53.9. The summed E-state index contributed by atoms with van der Waals surface area (Å²) >= 11 is 4.91. The maximum atomic E-state index is 13.9. The number of nitrogens with two attached hydrogens (primary N) is 1. The number of benzene rings is 1. The van der Waals surface area contributed by atoms with Crippen molar-refractivity contribution < 1.29 is 96.1 Å². The van der Waals surface area contributed by atoms with Gasteiger partial charge in [0.05, 0.1) is 74.0 Å². The van der Waals surface area contributed by atoms with Gasteiger partial charge in [-0.05, 0) is 75.1 Å². The van der Waals surface area contributed by atoms with Crippen molar-refractivity contribution in [1.29, 1.82) is 0 Å². The van der Waals surface area contributed by atoms with Crippen LogP contribution < -0.4 is 42.0 Å². The van der Waals surface area contributed by atoms with E-state index in [4.69, 9.17) is 51.8 Å². The van der Waals surface area contributed by atoms with Gasteiger partial charge in [-0.3, -0.25) is 33.9 Å². The minimum absolute atomic E-state index is 0. The first-order chi connectivity index (χ1) is 36.7. The van der Waals surface area contributed by atoms with Crippen molar-refractivity contribution in [2.75, 3.05) is 53.0 Å². The van der Waals surface area contributed by atoms with Crippen LogP contribution in [0.3, 0.4) is 0 Å². The molecule has 8 rings (SSSR count). The van der Waals surface area contributed by atoms with Gasteiger partial charge in [-0.2, -0.15) is 0 Å². The van der Waals surface area contributed by atoms with Gasteiger partial charge in [-0.1, -0.05) is 26.0 Å². The Balaban J connectivity index is 0.00000861. The zero-order valence-electron chi connectivity index (χ0n) is 42.7. The van der Waals surface area contributed by atoms with E-state index in [0.717, 1.165) is 16.5 Å². The number of cyclic esters (lactones) is 1. The minimum Gasteiger partial charge on any atom is -0.740 e. The number of carbonyl (C=O) groups excluding carboxylic acids is 5. The fourth-order valence-electron chi connectivity index (χ4n) is 9.05. The average Bonchev–Trinajstić information content (AvgIpc) is 4.27. The predicted octanol–water partition coefficient (Wildman–Crippen LogP) is 0.602. The number of amides is 4. The summed E-state index contributed by atoms with van der Waals surface area (Å²) in [7, 11) is 0. The van der Waals surface area contributed by atoms with Crippen LogP contribution in [0.4, 0.5) is 0 Å². The molecule has 5 aromatic rings. The van der Waals surface area contributed by atoms with E-state index in [9.17, 15) is 33.9 Å². The summed E-state index contributed by atoms with van der Waals surface area (Å²) in [5.41, 5.74) is 8.48. The van der Waals surface area contributed by atoms with Gasteiger partial charge in [0.25, 0.3) is 5.56 Å². The number of aromatic nitrogens is 7. The largest absolute Gasteiger partial charge is 0.740 e. The number of fused-ring (bicyclic) bond motifs is 6. The van der Waals surface area contributed by atoms with Gasteiger partial charge in [-0.15, -0.1) is 5.10 Å². The number of aliphatic hydroxyl groups is 1. The SMILES string of the molecule is CC[C@]1(O)C(=O)OCc2c1cc1n(c2=O)Cc2c-1nc1cc3c(cc1c2CCCCOCNC(=O)CNC(=O)[C@H](CCCCN)NC(=O)[C@@H](NC(=O)COCCOCc1cn(-c2cnc([S-])nc2)nn1)C(C)C)OCO3.[Tb]. The number of pyridine rings is 2. The molecule has 27 heteroatoms. The van der Waals surface area contributed by atoms with Gasteiger partial charge in [0.15, 0.2) is 17.1 Å². The summed E-state index contributed by atoms with van der Waals surface area (Å²) in [5.74, 6) is -2.24. The molecule has 7 N–H and O–H groups in total. The van der Waals surface area contributed by atoms with Crippen molar-refractivity contribution in [3.05, 3.63) is 75.1 Å². The van der Waals surface area contributed by atoms with E-state index in [1.807, 2.05) is 6.07 Å². The number of esters is 1. The number of rotatable bonds is 27. The van der Waals surface area contributed by atoms with Crippen LogP contribution in [0.15, 0.2) is 46.7 Å². The van der Waals surface area contributed by atoms with Crippen LogP contribution >= 0.6 is 0 Å². The molecule has 25 nitrogen and oxygen atoms in total.